The van der Waals surface area contributed by atoms with Crippen LogP contribution in [0.25, 0.3) is 10.9 Å². The lowest BCUT2D eigenvalue weighted by atomic mass is 10.1. The third kappa shape index (κ3) is 3.95. The Labute approximate surface area is 156 Å². The number of nitrogens with zero attached hydrogens (tertiary/aromatic N) is 2. The fourth-order valence-corrected chi connectivity index (χ4v) is 2.74. The lowest BCUT2D eigenvalue weighted by molar-refractivity contribution is -0.116. The number of nitrogens with one attached hydrogen (secondary N) is 1. The van der Waals surface area contributed by atoms with Gasteiger partial charge in [-0.25, -0.2) is 9.37 Å². The summed E-state index contributed by atoms with van der Waals surface area (Å²) in [5.41, 5.74) is 1.63. The maximum Gasteiger partial charge on any atom is 0.303 e. The van der Waals surface area contributed by atoms with Crippen molar-refractivity contribution < 1.29 is 18.0 Å². The maximum absolute atomic E-state index is 14.0. The molecule has 0 unspecified atom stereocenters. The van der Waals surface area contributed by atoms with Crippen LogP contribution in [0.15, 0.2) is 47.3 Å². The Bertz CT molecular complexity index is 1080. The predicted molar refractivity (Wildman–Crippen MR) is 95.1 cm³/mol. The Hall–Kier alpha value is -2.87. The van der Waals surface area contributed by atoms with Gasteiger partial charge >= 0.3 is 5.92 Å². The highest BCUT2D eigenvalue weighted by Crippen LogP contribution is 2.27. The zero-order chi connectivity index (χ0) is 19.8. The standard InChI is InChI=1S/C18H13ClF3N3O2/c1-18(21,22)17-23-15-12(3-2-4-13(15)19)16(27)25(17)24-14(26)9-10-5-7-11(20)8-6-10/h2-8H,9H2,1H3,(H,24,26). The first kappa shape index (κ1) is 18.9. The molecule has 5 nitrogen and oxygen atoms in total. The van der Waals surface area contributed by atoms with Gasteiger partial charge in [0.1, 0.15) is 5.82 Å². The van der Waals surface area contributed by atoms with E-state index in [-0.39, 0.29) is 22.3 Å². The van der Waals surface area contributed by atoms with E-state index in [1.807, 2.05) is 0 Å². The van der Waals surface area contributed by atoms with Gasteiger partial charge in [0.2, 0.25) is 11.7 Å². The Balaban J connectivity index is 2.04. The van der Waals surface area contributed by atoms with Gasteiger partial charge in [0.25, 0.3) is 5.56 Å². The van der Waals surface area contributed by atoms with Crippen molar-refractivity contribution >= 4 is 28.4 Å². The zero-order valence-corrected chi connectivity index (χ0v) is 14.7. The van der Waals surface area contributed by atoms with Gasteiger partial charge in [-0.1, -0.05) is 29.8 Å². The molecule has 27 heavy (non-hydrogen) atoms. The molecular formula is C18H13ClF3N3O2. The molecule has 0 aliphatic heterocycles. The van der Waals surface area contributed by atoms with Crippen LogP contribution in [0.2, 0.25) is 5.02 Å². The van der Waals surface area contributed by atoms with Crippen molar-refractivity contribution in [2.75, 3.05) is 5.43 Å². The zero-order valence-electron chi connectivity index (χ0n) is 14.0. The molecule has 0 aliphatic rings. The fourth-order valence-electron chi connectivity index (χ4n) is 2.52. The van der Waals surface area contributed by atoms with E-state index < -0.39 is 29.0 Å². The molecule has 9 heteroatoms. The largest absolute Gasteiger partial charge is 0.303 e. The molecule has 1 amide bonds. The normalized spacial score (nSPS) is 11.6. The van der Waals surface area contributed by atoms with Crippen LogP contribution in [0.3, 0.4) is 0 Å². The molecular weight excluding hydrogens is 383 g/mol. The van der Waals surface area contributed by atoms with Gasteiger partial charge in [-0.3, -0.25) is 15.0 Å². The number of rotatable bonds is 4. The first-order valence-electron chi connectivity index (χ1n) is 7.80. The van der Waals surface area contributed by atoms with Gasteiger partial charge in [0, 0.05) is 6.92 Å². The van der Waals surface area contributed by atoms with E-state index in [9.17, 15) is 22.8 Å². The van der Waals surface area contributed by atoms with E-state index in [0.29, 0.717) is 17.2 Å². The molecule has 1 aromatic heterocycles. The van der Waals surface area contributed by atoms with E-state index in [4.69, 9.17) is 11.6 Å². The van der Waals surface area contributed by atoms with Gasteiger partial charge in [-0.2, -0.15) is 13.5 Å². The van der Waals surface area contributed by atoms with Crippen molar-refractivity contribution in [3.63, 3.8) is 0 Å². The SMILES string of the molecule is CC(F)(F)c1nc2c(Cl)cccc2c(=O)n1NC(=O)Cc1ccc(F)cc1. The van der Waals surface area contributed by atoms with Crippen LogP contribution >= 0.6 is 11.6 Å². The number of hydrogen-bond acceptors (Lipinski definition) is 3. The Morgan fingerprint density at radius 2 is 1.89 bits per heavy atom. The highest BCUT2D eigenvalue weighted by molar-refractivity contribution is 6.34. The minimum atomic E-state index is -3.52. The molecule has 0 bridgehead atoms. The van der Waals surface area contributed by atoms with Crippen LogP contribution in [0.4, 0.5) is 13.2 Å². The van der Waals surface area contributed by atoms with Crippen molar-refractivity contribution in [3.05, 3.63) is 75.0 Å². The van der Waals surface area contributed by atoms with Gasteiger partial charge in [0.15, 0.2) is 0 Å². The monoisotopic (exact) mass is 395 g/mol. The molecule has 0 aliphatic carbocycles. The lowest BCUT2D eigenvalue weighted by Crippen LogP contribution is -2.39. The summed E-state index contributed by atoms with van der Waals surface area (Å²) in [5, 5.41) is 0.0254. The summed E-state index contributed by atoms with van der Waals surface area (Å²) in [4.78, 5) is 28.7. The molecule has 1 N–H and O–H groups in total. The molecule has 0 radical (unpaired) electrons. The summed E-state index contributed by atoms with van der Waals surface area (Å²) >= 11 is 5.96. The number of hydrogen-bond donors (Lipinski definition) is 1. The van der Waals surface area contributed by atoms with Gasteiger partial charge in [0.05, 0.1) is 22.3 Å². The molecule has 3 rings (SSSR count). The molecule has 0 saturated heterocycles. The maximum atomic E-state index is 14.0. The third-order valence-electron chi connectivity index (χ3n) is 3.76. The summed E-state index contributed by atoms with van der Waals surface area (Å²) in [6, 6.07) is 9.36. The molecule has 140 valence electrons. The molecule has 0 fully saturated rings. The van der Waals surface area contributed by atoms with Crippen molar-refractivity contribution in [1.82, 2.24) is 9.66 Å². The number of aromatic nitrogens is 2. The van der Waals surface area contributed by atoms with Crippen molar-refractivity contribution in [2.24, 2.45) is 0 Å². The van der Waals surface area contributed by atoms with Crippen LogP contribution in [0, 0.1) is 5.82 Å². The molecule has 0 spiro atoms. The quantitative estimate of drug-likeness (QED) is 0.734. The van der Waals surface area contributed by atoms with Crippen LogP contribution in [-0.2, 0) is 17.1 Å². The summed E-state index contributed by atoms with van der Waals surface area (Å²) in [5.74, 6) is -5.67. The first-order chi connectivity index (χ1) is 12.7. The summed E-state index contributed by atoms with van der Waals surface area (Å²) in [7, 11) is 0. The number of alkyl halides is 2. The van der Waals surface area contributed by atoms with E-state index in [0.717, 1.165) is 0 Å². The first-order valence-corrected chi connectivity index (χ1v) is 8.18. The Morgan fingerprint density at radius 1 is 1.22 bits per heavy atom. The second kappa shape index (κ2) is 7.03. The van der Waals surface area contributed by atoms with Crippen LogP contribution in [0.5, 0.6) is 0 Å². The molecule has 0 atom stereocenters. The van der Waals surface area contributed by atoms with Gasteiger partial charge in [-0.05, 0) is 29.8 Å². The van der Waals surface area contributed by atoms with E-state index in [1.54, 1.807) is 0 Å². The second-order valence-electron chi connectivity index (χ2n) is 5.94. The minimum Gasteiger partial charge on any atom is -0.273 e. The van der Waals surface area contributed by atoms with Gasteiger partial charge in [-0.15, -0.1) is 0 Å². The summed E-state index contributed by atoms with van der Waals surface area (Å²) in [6.07, 6.45) is -0.241. The molecule has 3 aromatic rings. The van der Waals surface area contributed by atoms with Gasteiger partial charge < -0.3 is 0 Å². The fraction of sp³-hybridized carbons (Fsp3) is 0.167. The number of amides is 1. The van der Waals surface area contributed by atoms with Crippen LogP contribution in [-0.4, -0.2) is 15.6 Å². The van der Waals surface area contributed by atoms with E-state index >= 15 is 0 Å². The predicted octanol–water partition coefficient (Wildman–Crippen LogP) is 3.61. The highest BCUT2D eigenvalue weighted by atomic mass is 35.5. The van der Waals surface area contributed by atoms with Crippen molar-refractivity contribution in [2.45, 2.75) is 19.3 Å². The molecule has 0 saturated carbocycles. The number of fused-ring (bicyclic) bond motifs is 1. The Kier molecular flexibility index (Phi) is 4.93. The number of benzene rings is 2. The number of carbonyl (C=O) groups excluding carboxylic acids is 1. The van der Waals surface area contributed by atoms with E-state index in [1.165, 1.54) is 42.5 Å². The summed E-state index contributed by atoms with van der Waals surface area (Å²) in [6.45, 7) is 0.556. The van der Waals surface area contributed by atoms with Crippen LogP contribution in [0.1, 0.15) is 18.3 Å². The van der Waals surface area contributed by atoms with Crippen molar-refractivity contribution in [3.8, 4) is 0 Å². The lowest BCUT2D eigenvalue weighted by Gasteiger charge is -2.18. The smallest absolute Gasteiger partial charge is 0.273 e. The second-order valence-corrected chi connectivity index (χ2v) is 6.35. The van der Waals surface area contributed by atoms with E-state index in [2.05, 4.69) is 10.4 Å². The Morgan fingerprint density at radius 3 is 2.52 bits per heavy atom. The number of para-hydroxylation sites is 1. The average molecular weight is 396 g/mol. The highest BCUT2D eigenvalue weighted by Gasteiger charge is 2.32. The third-order valence-corrected chi connectivity index (χ3v) is 4.06. The van der Waals surface area contributed by atoms with Crippen LogP contribution < -0.4 is 11.0 Å². The topological polar surface area (TPSA) is 64.0 Å². The average Bonchev–Trinajstić information content (AvgIpc) is 2.59. The minimum absolute atomic E-state index is 0.0161. The van der Waals surface area contributed by atoms with Crippen molar-refractivity contribution in [1.29, 1.82) is 0 Å². The molecule has 1 heterocycles. The number of halogens is 4. The number of carbonyl (C=O) groups is 1. The summed E-state index contributed by atoms with van der Waals surface area (Å²) < 4.78 is 41.4. The molecule has 2 aromatic carbocycles.